The van der Waals surface area contributed by atoms with Gasteiger partial charge < -0.3 is 15.0 Å². The first kappa shape index (κ1) is 17.2. The van der Waals surface area contributed by atoms with Crippen molar-refractivity contribution in [1.82, 2.24) is 14.9 Å². The highest BCUT2D eigenvalue weighted by Gasteiger charge is 2.36. The first-order valence-corrected chi connectivity index (χ1v) is 8.10. The molecule has 3 heterocycles. The molecule has 2 aliphatic rings. The molecule has 1 aromatic heterocycles. The lowest BCUT2D eigenvalue weighted by Crippen LogP contribution is -2.42. The molecule has 3 rings (SSSR count). The molecule has 2 fully saturated rings. The van der Waals surface area contributed by atoms with Crippen LogP contribution in [0.4, 0.5) is 24.9 Å². The van der Waals surface area contributed by atoms with Crippen LogP contribution in [-0.2, 0) is 10.9 Å². The van der Waals surface area contributed by atoms with E-state index in [0.717, 1.165) is 12.6 Å². The molecule has 134 valence electrons. The zero-order chi connectivity index (χ0) is 17.3. The standard InChI is InChI=1S/C15H22F3N5O/c1-3-19-14-20-12(15(16,17)18)4-13(21-14)23-6-10-5-22(2)11(7-23)9-24-8-10/h4,10-11H,3,5-9H2,1-2H3,(H,19,20,21)/t10-,11+/m1/s1. The molecule has 2 atom stereocenters. The van der Waals surface area contributed by atoms with Gasteiger partial charge in [0.15, 0.2) is 5.69 Å². The smallest absolute Gasteiger partial charge is 0.379 e. The lowest BCUT2D eigenvalue weighted by molar-refractivity contribution is -0.141. The second-order valence-electron chi connectivity index (χ2n) is 6.36. The van der Waals surface area contributed by atoms with Crippen LogP contribution in [0.3, 0.4) is 0 Å². The molecule has 0 radical (unpaired) electrons. The third-order valence-electron chi connectivity index (χ3n) is 4.40. The molecule has 0 aromatic carbocycles. The van der Waals surface area contributed by atoms with E-state index in [9.17, 15) is 13.2 Å². The summed E-state index contributed by atoms with van der Waals surface area (Å²) in [6, 6.07) is 1.19. The number of anilines is 2. The van der Waals surface area contributed by atoms with Gasteiger partial charge in [-0.25, -0.2) is 4.98 Å². The highest BCUT2D eigenvalue weighted by molar-refractivity contribution is 5.46. The summed E-state index contributed by atoms with van der Waals surface area (Å²) in [5.74, 6) is 0.580. The van der Waals surface area contributed by atoms with Crippen molar-refractivity contribution in [1.29, 1.82) is 0 Å². The van der Waals surface area contributed by atoms with Gasteiger partial charge in [-0.2, -0.15) is 18.2 Å². The fraction of sp³-hybridized carbons (Fsp3) is 0.733. The van der Waals surface area contributed by atoms with Gasteiger partial charge in [-0.05, 0) is 14.0 Å². The minimum Gasteiger partial charge on any atom is -0.379 e. The van der Waals surface area contributed by atoms with Crippen LogP contribution >= 0.6 is 0 Å². The molecule has 9 heteroatoms. The molecule has 0 saturated carbocycles. The van der Waals surface area contributed by atoms with Crippen LogP contribution in [0.15, 0.2) is 6.07 Å². The van der Waals surface area contributed by atoms with E-state index >= 15 is 0 Å². The summed E-state index contributed by atoms with van der Waals surface area (Å²) in [4.78, 5) is 12.0. The van der Waals surface area contributed by atoms with Crippen molar-refractivity contribution in [3.63, 3.8) is 0 Å². The molecule has 6 nitrogen and oxygen atoms in total. The van der Waals surface area contributed by atoms with E-state index in [1.807, 2.05) is 11.9 Å². The number of alkyl halides is 3. The molecule has 2 saturated heterocycles. The Morgan fingerprint density at radius 2 is 2.04 bits per heavy atom. The van der Waals surface area contributed by atoms with Crippen LogP contribution in [0, 0.1) is 5.92 Å². The van der Waals surface area contributed by atoms with Crippen LogP contribution < -0.4 is 10.2 Å². The normalized spacial score (nSPS) is 25.5. The van der Waals surface area contributed by atoms with Gasteiger partial charge in [0.05, 0.1) is 19.3 Å². The summed E-state index contributed by atoms with van der Waals surface area (Å²) in [5, 5.41) is 2.79. The number of ether oxygens (including phenoxy) is 1. The van der Waals surface area contributed by atoms with Gasteiger partial charge in [-0.3, -0.25) is 4.90 Å². The summed E-state index contributed by atoms with van der Waals surface area (Å²) in [6.07, 6.45) is -4.50. The first-order valence-electron chi connectivity index (χ1n) is 8.10. The first-order chi connectivity index (χ1) is 11.4. The average Bonchev–Trinajstić information content (AvgIpc) is 2.75. The van der Waals surface area contributed by atoms with E-state index in [4.69, 9.17) is 4.74 Å². The van der Waals surface area contributed by atoms with Gasteiger partial charge in [0.2, 0.25) is 5.95 Å². The highest BCUT2D eigenvalue weighted by atomic mass is 19.4. The largest absolute Gasteiger partial charge is 0.433 e. The molecule has 2 bridgehead atoms. The zero-order valence-electron chi connectivity index (χ0n) is 13.8. The highest BCUT2D eigenvalue weighted by Crippen LogP contribution is 2.31. The molecule has 2 aliphatic heterocycles. The Labute approximate surface area is 139 Å². The SMILES string of the molecule is CCNc1nc(N2C[C@@H]3COC[C@H](C2)N(C)C3)cc(C(F)(F)F)n1. The third kappa shape index (κ3) is 3.72. The van der Waals surface area contributed by atoms with Gasteiger partial charge >= 0.3 is 6.18 Å². The maximum absolute atomic E-state index is 13.2. The number of hydrogen-bond acceptors (Lipinski definition) is 6. The van der Waals surface area contributed by atoms with Gasteiger partial charge in [-0.15, -0.1) is 0 Å². The van der Waals surface area contributed by atoms with Gasteiger partial charge in [0, 0.05) is 38.2 Å². The molecular formula is C15H22F3N5O. The van der Waals surface area contributed by atoms with Crippen LogP contribution in [-0.4, -0.2) is 67.4 Å². The van der Waals surface area contributed by atoms with E-state index in [-0.39, 0.29) is 17.9 Å². The molecule has 0 unspecified atom stereocenters. The monoisotopic (exact) mass is 345 g/mol. The Balaban J connectivity index is 1.94. The second kappa shape index (κ2) is 6.72. The van der Waals surface area contributed by atoms with Gasteiger partial charge in [0.1, 0.15) is 5.82 Å². The summed E-state index contributed by atoms with van der Waals surface area (Å²) in [5.41, 5.74) is -0.914. The summed E-state index contributed by atoms with van der Waals surface area (Å²) >= 11 is 0. The van der Waals surface area contributed by atoms with Gasteiger partial charge in [0.25, 0.3) is 0 Å². The maximum atomic E-state index is 13.2. The Hall–Kier alpha value is -1.61. The predicted molar refractivity (Wildman–Crippen MR) is 84.1 cm³/mol. The van der Waals surface area contributed by atoms with E-state index < -0.39 is 11.9 Å². The summed E-state index contributed by atoms with van der Waals surface area (Å²) in [7, 11) is 2.03. The third-order valence-corrected chi connectivity index (χ3v) is 4.40. The number of aromatic nitrogens is 2. The van der Waals surface area contributed by atoms with Crippen molar-refractivity contribution in [2.45, 2.75) is 19.1 Å². The van der Waals surface area contributed by atoms with Crippen molar-refractivity contribution < 1.29 is 17.9 Å². The molecular weight excluding hydrogens is 323 g/mol. The van der Waals surface area contributed by atoms with Crippen LogP contribution in [0.1, 0.15) is 12.6 Å². The fourth-order valence-corrected chi connectivity index (χ4v) is 3.22. The van der Waals surface area contributed by atoms with Gasteiger partial charge in [-0.1, -0.05) is 0 Å². The number of nitrogens with zero attached hydrogens (tertiary/aromatic N) is 4. The lowest BCUT2D eigenvalue weighted by atomic mass is 10.1. The minimum absolute atomic E-state index is 0.0151. The number of halogens is 3. The van der Waals surface area contributed by atoms with E-state index in [0.29, 0.717) is 38.7 Å². The van der Waals surface area contributed by atoms with E-state index in [2.05, 4.69) is 20.2 Å². The number of hydrogen-bond donors (Lipinski definition) is 1. The minimum atomic E-state index is -4.50. The Morgan fingerprint density at radius 1 is 1.25 bits per heavy atom. The van der Waals surface area contributed by atoms with Crippen molar-refractivity contribution >= 4 is 11.8 Å². The molecule has 24 heavy (non-hydrogen) atoms. The Kier molecular flexibility index (Phi) is 4.82. The van der Waals surface area contributed by atoms with Crippen LogP contribution in [0.5, 0.6) is 0 Å². The predicted octanol–water partition coefficient (Wildman–Crippen LogP) is 1.69. The quantitative estimate of drug-likeness (QED) is 0.900. The zero-order valence-corrected chi connectivity index (χ0v) is 13.8. The number of likely N-dealkylation sites (N-methyl/N-ethyl adjacent to an activating group) is 1. The topological polar surface area (TPSA) is 53.5 Å². The van der Waals surface area contributed by atoms with E-state index in [1.54, 1.807) is 6.92 Å². The lowest BCUT2D eigenvalue weighted by Gasteiger charge is -2.31. The van der Waals surface area contributed by atoms with Crippen molar-refractivity contribution in [2.75, 3.05) is 56.7 Å². The molecule has 1 aromatic rings. The average molecular weight is 345 g/mol. The molecule has 1 N–H and O–H groups in total. The maximum Gasteiger partial charge on any atom is 0.433 e. The van der Waals surface area contributed by atoms with Crippen molar-refractivity contribution in [3.05, 3.63) is 11.8 Å². The number of nitrogens with one attached hydrogen (secondary N) is 1. The second-order valence-corrected chi connectivity index (χ2v) is 6.36. The van der Waals surface area contributed by atoms with E-state index in [1.165, 1.54) is 0 Å². The van der Waals surface area contributed by atoms with Crippen LogP contribution in [0.25, 0.3) is 0 Å². The molecule has 0 spiro atoms. The van der Waals surface area contributed by atoms with Crippen LogP contribution in [0.2, 0.25) is 0 Å². The fourth-order valence-electron chi connectivity index (χ4n) is 3.22. The molecule has 0 aliphatic carbocycles. The summed E-state index contributed by atoms with van der Waals surface area (Å²) < 4.78 is 45.2. The van der Waals surface area contributed by atoms with Crippen molar-refractivity contribution in [3.8, 4) is 0 Å². The number of fused-ring (bicyclic) bond motifs is 3. The summed E-state index contributed by atoms with van der Waals surface area (Å²) in [6.45, 7) is 5.55. The Morgan fingerprint density at radius 3 is 2.75 bits per heavy atom. The van der Waals surface area contributed by atoms with Crippen molar-refractivity contribution in [2.24, 2.45) is 5.92 Å². The Bertz CT molecular complexity index is 583. The molecule has 0 amide bonds. The number of rotatable bonds is 3.